The van der Waals surface area contributed by atoms with Gasteiger partial charge in [-0.2, -0.15) is 0 Å². The number of hydrogen-bond donors (Lipinski definition) is 2. The summed E-state index contributed by atoms with van der Waals surface area (Å²) in [5, 5.41) is 5.57. The first kappa shape index (κ1) is 16.3. The van der Waals surface area contributed by atoms with E-state index in [-0.39, 0.29) is 17.5 Å². The van der Waals surface area contributed by atoms with E-state index in [4.69, 9.17) is 9.15 Å². The van der Waals surface area contributed by atoms with Gasteiger partial charge in [-0.3, -0.25) is 0 Å². The molecule has 0 spiro atoms. The number of nitrogens with zero attached hydrogens (tertiary/aromatic N) is 1. The molecule has 1 unspecified atom stereocenters. The van der Waals surface area contributed by atoms with Crippen molar-refractivity contribution in [3.05, 3.63) is 24.1 Å². The van der Waals surface area contributed by atoms with Crippen LogP contribution in [0.3, 0.4) is 0 Å². The molecule has 2 rings (SSSR count). The minimum atomic E-state index is -0.275. The van der Waals surface area contributed by atoms with Crippen molar-refractivity contribution in [3.63, 3.8) is 0 Å². The Labute approximate surface area is 130 Å². The van der Waals surface area contributed by atoms with Crippen LogP contribution in [-0.4, -0.2) is 30.8 Å². The van der Waals surface area contributed by atoms with Gasteiger partial charge in [-0.1, -0.05) is 20.8 Å². The topological polar surface area (TPSA) is 76.4 Å². The Bertz CT molecular complexity index is 658. The third kappa shape index (κ3) is 3.98. The maximum Gasteiger partial charge on any atom is 0.319 e. The summed E-state index contributed by atoms with van der Waals surface area (Å²) in [5.41, 5.74) is 1.96. The molecule has 1 heterocycles. The molecule has 1 atom stereocenters. The summed E-state index contributed by atoms with van der Waals surface area (Å²) in [6, 6.07) is 5.07. The van der Waals surface area contributed by atoms with Crippen LogP contribution < -0.4 is 10.6 Å². The Balaban J connectivity index is 2.11. The molecule has 0 saturated heterocycles. The fourth-order valence-electron chi connectivity index (χ4n) is 2.01. The summed E-state index contributed by atoms with van der Waals surface area (Å²) < 4.78 is 10.7. The third-order valence-corrected chi connectivity index (χ3v) is 3.08. The molecule has 0 fully saturated rings. The van der Waals surface area contributed by atoms with E-state index in [0.29, 0.717) is 23.8 Å². The van der Waals surface area contributed by atoms with Gasteiger partial charge in [-0.05, 0) is 25.1 Å². The van der Waals surface area contributed by atoms with Gasteiger partial charge in [-0.15, -0.1) is 0 Å². The van der Waals surface area contributed by atoms with Crippen LogP contribution in [0.15, 0.2) is 22.6 Å². The minimum Gasteiger partial charge on any atom is -0.440 e. The van der Waals surface area contributed by atoms with Crippen LogP contribution in [0, 0.1) is 0 Å². The Morgan fingerprint density at radius 3 is 2.77 bits per heavy atom. The van der Waals surface area contributed by atoms with Crippen molar-refractivity contribution in [2.45, 2.75) is 39.2 Å². The van der Waals surface area contributed by atoms with Crippen molar-refractivity contribution >= 4 is 22.8 Å². The number of anilines is 1. The van der Waals surface area contributed by atoms with Gasteiger partial charge in [0, 0.05) is 18.2 Å². The van der Waals surface area contributed by atoms with Gasteiger partial charge in [0.05, 0.1) is 12.6 Å². The average molecular weight is 305 g/mol. The molecular weight excluding hydrogens is 282 g/mol. The zero-order valence-electron chi connectivity index (χ0n) is 13.7. The molecule has 0 radical (unpaired) electrons. The first-order valence-electron chi connectivity index (χ1n) is 7.27. The second-order valence-electron chi connectivity index (χ2n) is 6.41. The molecule has 0 saturated carbocycles. The van der Waals surface area contributed by atoms with Crippen LogP contribution in [0.5, 0.6) is 0 Å². The van der Waals surface area contributed by atoms with E-state index in [1.54, 1.807) is 19.2 Å². The Hall–Kier alpha value is -2.08. The maximum atomic E-state index is 11.9. The molecule has 22 heavy (non-hydrogen) atoms. The molecule has 0 aliphatic heterocycles. The number of carbonyl (C=O) groups is 1. The molecule has 6 heteroatoms. The lowest BCUT2D eigenvalue weighted by Crippen LogP contribution is -2.38. The van der Waals surface area contributed by atoms with Crippen molar-refractivity contribution < 1.29 is 13.9 Å². The molecule has 1 aromatic carbocycles. The molecule has 2 aromatic rings. The average Bonchev–Trinajstić information content (AvgIpc) is 2.81. The van der Waals surface area contributed by atoms with E-state index in [0.717, 1.165) is 5.52 Å². The summed E-state index contributed by atoms with van der Waals surface area (Å²) >= 11 is 0. The normalized spacial score (nSPS) is 13.1. The molecule has 0 aliphatic carbocycles. The highest BCUT2D eigenvalue weighted by Gasteiger charge is 2.21. The molecule has 120 valence electrons. The molecule has 6 nitrogen and oxygen atoms in total. The van der Waals surface area contributed by atoms with Gasteiger partial charge in [0.15, 0.2) is 5.58 Å². The lowest BCUT2D eigenvalue weighted by Gasteiger charge is -2.13. The van der Waals surface area contributed by atoms with Gasteiger partial charge in [-0.25, -0.2) is 9.78 Å². The van der Waals surface area contributed by atoms with Crippen LogP contribution in [0.2, 0.25) is 0 Å². The number of ether oxygens (including phenoxy) is 1. The molecular formula is C16H23N3O3. The summed E-state index contributed by atoms with van der Waals surface area (Å²) in [6.07, 6.45) is 0. The van der Waals surface area contributed by atoms with Crippen LogP contribution in [0.4, 0.5) is 10.5 Å². The zero-order chi connectivity index (χ0) is 16.3. The molecule has 2 amide bonds. The monoisotopic (exact) mass is 305 g/mol. The van der Waals surface area contributed by atoms with E-state index in [1.807, 2.05) is 33.8 Å². The van der Waals surface area contributed by atoms with Gasteiger partial charge in [0.25, 0.3) is 0 Å². The van der Waals surface area contributed by atoms with Crippen LogP contribution >= 0.6 is 0 Å². The molecule has 0 bridgehead atoms. The van der Waals surface area contributed by atoms with E-state index < -0.39 is 0 Å². The summed E-state index contributed by atoms with van der Waals surface area (Å²) in [7, 11) is 1.60. The standard InChI is InChI=1S/C16H23N3O3/c1-10(9-21-5)17-15(20)18-11-6-7-13-12(8-11)19-14(22-13)16(2,3)4/h6-8,10H,9H2,1-5H3,(H2,17,18,20). The third-order valence-electron chi connectivity index (χ3n) is 3.08. The van der Waals surface area contributed by atoms with Gasteiger partial charge >= 0.3 is 6.03 Å². The summed E-state index contributed by atoms with van der Waals surface area (Å²) in [5.74, 6) is 0.679. The summed E-state index contributed by atoms with van der Waals surface area (Å²) in [6.45, 7) is 8.47. The number of methoxy groups -OCH3 is 1. The second-order valence-corrected chi connectivity index (χ2v) is 6.41. The number of oxazole rings is 1. The van der Waals surface area contributed by atoms with Crippen molar-refractivity contribution in [1.29, 1.82) is 0 Å². The fraction of sp³-hybridized carbons (Fsp3) is 0.500. The van der Waals surface area contributed by atoms with E-state index in [2.05, 4.69) is 15.6 Å². The quantitative estimate of drug-likeness (QED) is 0.909. The maximum absolute atomic E-state index is 11.9. The number of hydrogen-bond acceptors (Lipinski definition) is 4. The van der Waals surface area contributed by atoms with Crippen molar-refractivity contribution in [2.75, 3.05) is 19.0 Å². The Kier molecular flexibility index (Phi) is 4.71. The predicted octanol–water partition coefficient (Wildman–Crippen LogP) is 3.28. The number of nitrogens with one attached hydrogen (secondary N) is 2. The largest absolute Gasteiger partial charge is 0.440 e. The number of rotatable bonds is 4. The van der Waals surface area contributed by atoms with Crippen molar-refractivity contribution in [2.24, 2.45) is 0 Å². The van der Waals surface area contributed by atoms with Gasteiger partial charge in [0.1, 0.15) is 5.52 Å². The lowest BCUT2D eigenvalue weighted by atomic mass is 9.97. The minimum absolute atomic E-state index is 0.0618. The Morgan fingerprint density at radius 2 is 2.14 bits per heavy atom. The van der Waals surface area contributed by atoms with Crippen LogP contribution in [0.1, 0.15) is 33.6 Å². The van der Waals surface area contributed by atoms with Crippen LogP contribution in [0.25, 0.3) is 11.1 Å². The molecule has 0 aliphatic rings. The highest BCUT2D eigenvalue weighted by Crippen LogP contribution is 2.27. The predicted molar refractivity (Wildman–Crippen MR) is 86.2 cm³/mol. The zero-order valence-corrected chi connectivity index (χ0v) is 13.7. The van der Waals surface area contributed by atoms with Crippen molar-refractivity contribution in [3.8, 4) is 0 Å². The second kappa shape index (κ2) is 6.36. The number of carbonyl (C=O) groups excluding carboxylic acids is 1. The van der Waals surface area contributed by atoms with E-state index >= 15 is 0 Å². The number of fused-ring (bicyclic) bond motifs is 1. The number of urea groups is 1. The highest BCUT2D eigenvalue weighted by atomic mass is 16.5. The van der Waals surface area contributed by atoms with E-state index in [9.17, 15) is 4.79 Å². The SMILES string of the molecule is COCC(C)NC(=O)Nc1ccc2oc(C(C)(C)C)nc2c1. The smallest absolute Gasteiger partial charge is 0.319 e. The molecule has 1 aromatic heterocycles. The van der Waals surface area contributed by atoms with E-state index in [1.165, 1.54) is 0 Å². The van der Waals surface area contributed by atoms with Gasteiger partial charge < -0.3 is 19.8 Å². The fourth-order valence-corrected chi connectivity index (χ4v) is 2.01. The van der Waals surface area contributed by atoms with Gasteiger partial charge in [0.2, 0.25) is 5.89 Å². The number of amides is 2. The highest BCUT2D eigenvalue weighted by molar-refractivity contribution is 5.91. The molecule has 2 N–H and O–H groups in total. The Morgan fingerprint density at radius 1 is 1.41 bits per heavy atom. The first-order chi connectivity index (χ1) is 10.3. The number of aromatic nitrogens is 1. The lowest BCUT2D eigenvalue weighted by molar-refractivity contribution is 0.173. The number of benzene rings is 1. The van der Waals surface area contributed by atoms with Crippen molar-refractivity contribution in [1.82, 2.24) is 10.3 Å². The van der Waals surface area contributed by atoms with Crippen LogP contribution in [-0.2, 0) is 10.2 Å². The summed E-state index contributed by atoms with van der Waals surface area (Å²) in [4.78, 5) is 16.4. The first-order valence-corrected chi connectivity index (χ1v) is 7.27.